The topological polar surface area (TPSA) is 89.1 Å². The van der Waals surface area contributed by atoms with E-state index in [1.807, 2.05) is 47.4 Å². The lowest BCUT2D eigenvalue weighted by molar-refractivity contribution is -0.129. The van der Waals surface area contributed by atoms with Gasteiger partial charge in [-0.3, -0.25) is 14.4 Å². The highest BCUT2D eigenvalue weighted by atomic mass is 16.5. The van der Waals surface area contributed by atoms with E-state index >= 15 is 0 Å². The maximum absolute atomic E-state index is 12.5. The molecular weight excluding hydrogens is 356 g/mol. The monoisotopic (exact) mass is 380 g/mol. The Morgan fingerprint density at radius 3 is 2.86 bits per heavy atom. The Kier molecular flexibility index (Phi) is 5.21. The van der Waals surface area contributed by atoms with Crippen LogP contribution in [0.1, 0.15) is 31.3 Å². The second-order valence-electron chi connectivity index (χ2n) is 7.28. The number of piperazine rings is 1. The van der Waals surface area contributed by atoms with E-state index in [1.54, 1.807) is 0 Å². The number of carbonyl (C=O) groups is 1. The fourth-order valence-electron chi connectivity index (χ4n) is 3.36. The van der Waals surface area contributed by atoms with Crippen LogP contribution in [0.3, 0.4) is 0 Å². The third-order valence-electron chi connectivity index (χ3n) is 4.88. The minimum Gasteiger partial charge on any atom is -0.353 e. The Morgan fingerprint density at radius 2 is 2.11 bits per heavy atom. The Bertz CT molecular complexity index is 933. The highest BCUT2D eigenvalue weighted by Gasteiger charge is 2.32. The van der Waals surface area contributed by atoms with E-state index in [1.165, 1.54) is 0 Å². The van der Waals surface area contributed by atoms with Crippen LogP contribution in [0.5, 0.6) is 0 Å². The van der Waals surface area contributed by atoms with Crippen molar-refractivity contribution in [2.24, 2.45) is 0 Å². The summed E-state index contributed by atoms with van der Waals surface area (Å²) < 4.78 is 7.35. The fourth-order valence-corrected chi connectivity index (χ4v) is 3.36. The van der Waals surface area contributed by atoms with Crippen LogP contribution in [-0.4, -0.2) is 49.9 Å². The van der Waals surface area contributed by atoms with Gasteiger partial charge in [-0.25, -0.2) is 0 Å². The summed E-state index contributed by atoms with van der Waals surface area (Å²) in [6.45, 7) is 6.24. The molecule has 8 heteroatoms. The second-order valence-corrected chi connectivity index (χ2v) is 7.28. The Labute approximate surface area is 163 Å². The predicted octanol–water partition coefficient (Wildman–Crippen LogP) is 2.06. The summed E-state index contributed by atoms with van der Waals surface area (Å²) in [4.78, 5) is 19.1. The number of amides is 1. The fraction of sp³-hybridized carbons (Fsp3) is 0.400. The molecular formula is C20H24N6O2. The van der Waals surface area contributed by atoms with Crippen LogP contribution in [0.2, 0.25) is 0 Å². The summed E-state index contributed by atoms with van der Waals surface area (Å²) >= 11 is 0. The minimum absolute atomic E-state index is 0.0121. The molecule has 0 aliphatic carbocycles. The number of aromatic nitrogens is 4. The third kappa shape index (κ3) is 3.96. The molecule has 1 unspecified atom stereocenters. The Balaban J connectivity index is 1.49. The standard InChI is InChI=1S/C20H24N6O2/c1-14(2)26-13-15(11-22-26)12-25-9-8-21-20(27)17(25)10-18-23-19(24-28-18)16-6-4-3-5-7-16/h3-7,11,13-14,17H,8-10,12H2,1-2H3,(H,21,27). The average molecular weight is 380 g/mol. The zero-order valence-electron chi connectivity index (χ0n) is 16.1. The first-order valence-corrected chi connectivity index (χ1v) is 9.53. The van der Waals surface area contributed by atoms with Gasteiger partial charge >= 0.3 is 0 Å². The zero-order chi connectivity index (χ0) is 19.5. The van der Waals surface area contributed by atoms with E-state index in [2.05, 4.69) is 39.3 Å². The lowest BCUT2D eigenvalue weighted by Crippen LogP contribution is -2.55. The Morgan fingerprint density at radius 1 is 1.29 bits per heavy atom. The van der Waals surface area contributed by atoms with Gasteiger partial charge in [0.05, 0.1) is 18.7 Å². The molecule has 0 spiro atoms. The van der Waals surface area contributed by atoms with Gasteiger partial charge in [0, 0.05) is 43.0 Å². The highest BCUT2D eigenvalue weighted by Crippen LogP contribution is 2.19. The largest absolute Gasteiger partial charge is 0.353 e. The van der Waals surface area contributed by atoms with E-state index in [9.17, 15) is 4.79 Å². The number of benzene rings is 1. The average Bonchev–Trinajstić information content (AvgIpc) is 3.35. The molecule has 3 aromatic rings. The molecule has 1 N–H and O–H groups in total. The molecule has 0 radical (unpaired) electrons. The van der Waals surface area contributed by atoms with E-state index in [0.29, 0.717) is 37.3 Å². The van der Waals surface area contributed by atoms with Crippen LogP contribution in [0, 0.1) is 0 Å². The van der Waals surface area contributed by atoms with E-state index in [-0.39, 0.29) is 11.9 Å². The molecule has 146 valence electrons. The smallest absolute Gasteiger partial charge is 0.237 e. The quantitative estimate of drug-likeness (QED) is 0.704. The van der Waals surface area contributed by atoms with Crippen LogP contribution >= 0.6 is 0 Å². The second kappa shape index (κ2) is 7.93. The van der Waals surface area contributed by atoms with Gasteiger partial charge < -0.3 is 9.84 Å². The first kappa shape index (κ1) is 18.4. The summed E-state index contributed by atoms with van der Waals surface area (Å²) in [7, 11) is 0. The molecule has 0 bridgehead atoms. The van der Waals surface area contributed by atoms with Crippen molar-refractivity contribution in [1.29, 1.82) is 0 Å². The van der Waals surface area contributed by atoms with E-state index in [4.69, 9.17) is 4.52 Å². The van der Waals surface area contributed by atoms with Gasteiger partial charge in [-0.1, -0.05) is 35.5 Å². The molecule has 1 saturated heterocycles. The lowest BCUT2D eigenvalue weighted by atomic mass is 10.1. The molecule has 8 nitrogen and oxygen atoms in total. The van der Waals surface area contributed by atoms with Crippen LogP contribution < -0.4 is 5.32 Å². The van der Waals surface area contributed by atoms with Gasteiger partial charge in [0.1, 0.15) is 0 Å². The van der Waals surface area contributed by atoms with Crippen LogP contribution in [0.15, 0.2) is 47.2 Å². The predicted molar refractivity (Wildman–Crippen MR) is 103 cm³/mol. The summed E-state index contributed by atoms with van der Waals surface area (Å²) in [5.74, 6) is 0.988. The van der Waals surface area contributed by atoms with E-state index in [0.717, 1.165) is 17.7 Å². The Hall–Kier alpha value is -3.00. The third-order valence-corrected chi connectivity index (χ3v) is 4.88. The van der Waals surface area contributed by atoms with Crippen molar-refractivity contribution >= 4 is 5.91 Å². The first-order valence-electron chi connectivity index (χ1n) is 9.53. The number of carbonyl (C=O) groups excluding carboxylic acids is 1. The maximum atomic E-state index is 12.5. The molecule has 1 atom stereocenters. The SMILES string of the molecule is CC(C)n1cc(CN2CCNC(=O)C2Cc2nc(-c3ccccc3)no2)cn1. The van der Waals surface area contributed by atoms with E-state index < -0.39 is 0 Å². The maximum Gasteiger partial charge on any atom is 0.237 e. The van der Waals surface area contributed by atoms with Crippen molar-refractivity contribution in [3.8, 4) is 11.4 Å². The number of nitrogens with zero attached hydrogens (tertiary/aromatic N) is 5. The molecule has 1 aliphatic heterocycles. The van der Waals surface area contributed by atoms with Crippen LogP contribution in [0.25, 0.3) is 11.4 Å². The van der Waals surface area contributed by atoms with Crippen molar-refractivity contribution < 1.29 is 9.32 Å². The number of hydrogen-bond donors (Lipinski definition) is 1. The number of rotatable bonds is 6. The van der Waals surface area contributed by atoms with Gasteiger partial charge in [-0.2, -0.15) is 10.1 Å². The van der Waals surface area contributed by atoms with Crippen LogP contribution in [-0.2, 0) is 17.8 Å². The molecule has 0 saturated carbocycles. The van der Waals surface area contributed by atoms with Crippen molar-refractivity contribution in [1.82, 2.24) is 30.1 Å². The number of hydrogen-bond acceptors (Lipinski definition) is 6. The molecule has 1 aromatic carbocycles. The van der Waals surface area contributed by atoms with Crippen molar-refractivity contribution in [3.05, 3.63) is 54.2 Å². The van der Waals surface area contributed by atoms with Gasteiger partial charge in [0.25, 0.3) is 0 Å². The summed E-state index contributed by atoms with van der Waals surface area (Å²) in [6, 6.07) is 9.62. The molecule has 4 rings (SSSR count). The first-order chi connectivity index (χ1) is 13.6. The van der Waals surface area contributed by atoms with Crippen molar-refractivity contribution in [2.75, 3.05) is 13.1 Å². The summed E-state index contributed by atoms with van der Waals surface area (Å²) in [5.41, 5.74) is 1.98. The van der Waals surface area contributed by atoms with Crippen molar-refractivity contribution in [3.63, 3.8) is 0 Å². The molecule has 1 fully saturated rings. The number of nitrogens with one attached hydrogen (secondary N) is 1. The summed E-state index contributed by atoms with van der Waals surface area (Å²) in [5, 5.41) is 11.4. The van der Waals surface area contributed by atoms with Gasteiger partial charge in [0.2, 0.25) is 17.6 Å². The van der Waals surface area contributed by atoms with Crippen LogP contribution in [0.4, 0.5) is 0 Å². The molecule has 2 aromatic heterocycles. The van der Waals surface area contributed by atoms with Gasteiger partial charge in [-0.05, 0) is 13.8 Å². The lowest BCUT2D eigenvalue weighted by Gasteiger charge is -2.33. The summed E-state index contributed by atoms with van der Waals surface area (Å²) in [6.07, 6.45) is 4.28. The normalized spacial score (nSPS) is 17.8. The highest BCUT2D eigenvalue weighted by molar-refractivity contribution is 5.82. The van der Waals surface area contributed by atoms with Gasteiger partial charge in [0.15, 0.2) is 0 Å². The van der Waals surface area contributed by atoms with Crippen molar-refractivity contribution in [2.45, 2.75) is 38.9 Å². The molecule has 3 heterocycles. The zero-order valence-corrected chi connectivity index (χ0v) is 16.1. The minimum atomic E-state index is -0.347. The molecule has 28 heavy (non-hydrogen) atoms. The van der Waals surface area contributed by atoms with Gasteiger partial charge in [-0.15, -0.1) is 0 Å². The molecule has 1 aliphatic rings. The molecule has 1 amide bonds.